The van der Waals surface area contributed by atoms with Crippen LogP contribution in [0.3, 0.4) is 0 Å². The average molecular weight is 448 g/mol. The summed E-state index contributed by atoms with van der Waals surface area (Å²) in [5, 5.41) is 15.7. The van der Waals surface area contributed by atoms with Crippen LogP contribution in [0, 0.1) is 10.1 Å². The SMILES string of the molecule is NC(N)=NS(=O)(=O)c1ccc(NC(=S)NC(=O)C=Cc2ccc([N+](=O)[O-])cc2)cc1. The quantitative estimate of drug-likeness (QED) is 0.125. The molecule has 2 rings (SSSR count). The molecule has 13 heteroatoms. The van der Waals surface area contributed by atoms with E-state index in [0.29, 0.717) is 11.3 Å². The standard InChI is InChI=1S/C17H16N6O5S2/c18-16(19)22-30(27,28)14-8-4-12(5-9-14)20-17(29)21-15(24)10-3-11-1-6-13(7-2-11)23(25)26/h1-10H,(H4,18,19,22)(H2,20,21,24,29). The molecule has 0 aliphatic rings. The second-order valence-electron chi connectivity index (χ2n) is 5.64. The van der Waals surface area contributed by atoms with Crippen LogP contribution in [0.15, 0.2) is 63.9 Å². The summed E-state index contributed by atoms with van der Waals surface area (Å²) in [5.41, 5.74) is 11.1. The number of anilines is 1. The monoisotopic (exact) mass is 448 g/mol. The number of benzene rings is 2. The highest BCUT2D eigenvalue weighted by molar-refractivity contribution is 7.90. The molecule has 0 bridgehead atoms. The van der Waals surface area contributed by atoms with E-state index in [9.17, 15) is 23.3 Å². The predicted molar refractivity (Wildman–Crippen MR) is 116 cm³/mol. The number of sulfonamides is 1. The summed E-state index contributed by atoms with van der Waals surface area (Å²) < 4.78 is 26.9. The molecule has 0 heterocycles. The molecule has 0 spiro atoms. The van der Waals surface area contributed by atoms with E-state index in [4.69, 9.17) is 23.7 Å². The van der Waals surface area contributed by atoms with Gasteiger partial charge in [0, 0.05) is 23.9 Å². The van der Waals surface area contributed by atoms with Crippen LogP contribution in [0.4, 0.5) is 11.4 Å². The summed E-state index contributed by atoms with van der Waals surface area (Å²) in [7, 11) is -4.00. The van der Waals surface area contributed by atoms with E-state index in [1.54, 1.807) is 0 Å². The molecule has 30 heavy (non-hydrogen) atoms. The fourth-order valence-corrected chi connectivity index (χ4v) is 3.18. The smallest absolute Gasteiger partial charge is 0.285 e. The number of amides is 1. The second kappa shape index (κ2) is 9.58. The highest BCUT2D eigenvalue weighted by Crippen LogP contribution is 2.16. The Hall–Kier alpha value is -3.84. The lowest BCUT2D eigenvalue weighted by molar-refractivity contribution is -0.384. The number of nitro groups is 1. The molecule has 0 radical (unpaired) electrons. The minimum absolute atomic E-state index is 0.0202. The Bertz CT molecular complexity index is 1120. The maximum Gasteiger partial charge on any atom is 0.285 e. The zero-order valence-corrected chi connectivity index (χ0v) is 16.8. The van der Waals surface area contributed by atoms with Crippen molar-refractivity contribution in [3.05, 3.63) is 70.3 Å². The fourth-order valence-electron chi connectivity index (χ4n) is 2.10. The first-order valence-corrected chi connectivity index (χ1v) is 9.92. The van der Waals surface area contributed by atoms with Gasteiger partial charge in [-0.1, -0.05) is 0 Å². The van der Waals surface area contributed by atoms with Gasteiger partial charge in [-0.25, -0.2) is 0 Å². The first-order valence-electron chi connectivity index (χ1n) is 8.07. The van der Waals surface area contributed by atoms with Crippen molar-refractivity contribution in [2.75, 3.05) is 5.32 Å². The third-order valence-electron chi connectivity index (χ3n) is 3.40. The van der Waals surface area contributed by atoms with Gasteiger partial charge in [-0.2, -0.15) is 8.42 Å². The molecule has 0 fully saturated rings. The van der Waals surface area contributed by atoms with Gasteiger partial charge >= 0.3 is 0 Å². The van der Waals surface area contributed by atoms with E-state index in [1.165, 1.54) is 60.7 Å². The highest BCUT2D eigenvalue weighted by Gasteiger charge is 2.13. The van der Waals surface area contributed by atoms with Crippen molar-refractivity contribution in [3.8, 4) is 0 Å². The third kappa shape index (κ3) is 6.65. The Kier molecular flexibility index (Phi) is 7.17. The van der Waals surface area contributed by atoms with Crippen molar-refractivity contribution in [2.45, 2.75) is 4.90 Å². The maximum absolute atomic E-state index is 11.9. The molecule has 0 saturated carbocycles. The molecule has 0 aromatic heterocycles. The zero-order valence-electron chi connectivity index (χ0n) is 15.2. The van der Waals surface area contributed by atoms with Crippen LogP contribution in [-0.2, 0) is 14.8 Å². The topological polar surface area (TPSA) is 183 Å². The number of non-ortho nitro benzene ring substituents is 1. The van der Waals surface area contributed by atoms with Gasteiger partial charge in [-0.15, -0.1) is 4.40 Å². The Balaban J connectivity index is 1.94. The van der Waals surface area contributed by atoms with Gasteiger partial charge in [0.1, 0.15) is 0 Å². The van der Waals surface area contributed by atoms with E-state index < -0.39 is 26.8 Å². The molecule has 2 aromatic carbocycles. The van der Waals surface area contributed by atoms with Crippen molar-refractivity contribution >= 4 is 56.7 Å². The van der Waals surface area contributed by atoms with Crippen molar-refractivity contribution in [1.82, 2.24) is 5.32 Å². The van der Waals surface area contributed by atoms with Gasteiger partial charge in [0.2, 0.25) is 11.9 Å². The normalized spacial score (nSPS) is 10.9. The summed E-state index contributed by atoms with van der Waals surface area (Å²) in [6.07, 6.45) is 2.67. The number of nitro benzene ring substituents is 1. The van der Waals surface area contributed by atoms with E-state index in [-0.39, 0.29) is 15.7 Å². The Morgan fingerprint density at radius 3 is 2.23 bits per heavy atom. The van der Waals surface area contributed by atoms with Gasteiger partial charge < -0.3 is 16.8 Å². The van der Waals surface area contributed by atoms with E-state index in [2.05, 4.69) is 15.0 Å². The molecule has 6 N–H and O–H groups in total. The number of carbonyl (C=O) groups is 1. The average Bonchev–Trinajstić information content (AvgIpc) is 2.66. The number of nitrogens with one attached hydrogen (secondary N) is 2. The van der Waals surface area contributed by atoms with Gasteiger partial charge in [0.05, 0.1) is 9.82 Å². The van der Waals surface area contributed by atoms with Gasteiger partial charge in [0.25, 0.3) is 15.7 Å². The molecule has 0 atom stereocenters. The lowest BCUT2D eigenvalue weighted by Crippen LogP contribution is -2.32. The molecule has 0 aliphatic carbocycles. The van der Waals surface area contributed by atoms with Crippen LogP contribution in [0.25, 0.3) is 6.08 Å². The van der Waals surface area contributed by atoms with Crippen molar-refractivity contribution in [3.63, 3.8) is 0 Å². The van der Waals surface area contributed by atoms with Crippen molar-refractivity contribution in [1.29, 1.82) is 0 Å². The van der Waals surface area contributed by atoms with Crippen LogP contribution in [0.1, 0.15) is 5.56 Å². The zero-order chi connectivity index (χ0) is 22.3. The van der Waals surface area contributed by atoms with Crippen LogP contribution >= 0.6 is 12.2 Å². The molecule has 156 valence electrons. The number of hydrogen-bond acceptors (Lipinski definition) is 6. The predicted octanol–water partition coefficient (Wildman–Crippen LogP) is 1.08. The van der Waals surface area contributed by atoms with Crippen molar-refractivity contribution in [2.24, 2.45) is 15.9 Å². The van der Waals surface area contributed by atoms with Gasteiger partial charge in [-0.05, 0) is 60.3 Å². The Labute approximate surface area is 176 Å². The first-order chi connectivity index (χ1) is 14.1. The number of carbonyl (C=O) groups excluding carboxylic acids is 1. The van der Waals surface area contributed by atoms with Crippen molar-refractivity contribution < 1.29 is 18.1 Å². The molecular formula is C17H16N6O5S2. The summed E-state index contributed by atoms with van der Waals surface area (Å²) in [6, 6.07) is 11.0. The third-order valence-corrected chi connectivity index (χ3v) is 4.93. The van der Waals surface area contributed by atoms with E-state index in [1.807, 2.05) is 0 Å². The first kappa shape index (κ1) is 22.4. The highest BCUT2D eigenvalue weighted by atomic mass is 32.2. The summed E-state index contributed by atoms with van der Waals surface area (Å²) in [4.78, 5) is 21.9. The number of nitrogens with zero attached hydrogens (tertiary/aromatic N) is 2. The molecule has 0 saturated heterocycles. The molecule has 0 unspecified atom stereocenters. The Morgan fingerprint density at radius 1 is 1.10 bits per heavy atom. The van der Waals surface area contributed by atoms with Crippen LogP contribution in [0.2, 0.25) is 0 Å². The minimum Gasteiger partial charge on any atom is -0.369 e. The maximum atomic E-state index is 11.9. The van der Waals surface area contributed by atoms with E-state index in [0.717, 1.165) is 0 Å². The Morgan fingerprint density at radius 2 is 1.70 bits per heavy atom. The van der Waals surface area contributed by atoms with Gasteiger partial charge in [-0.3, -0.25) is 20.2 Å². The number of nitrogens with two attached hydrogens (primary N) is 2. The lowest BCUT2D eigenvalue weighted by Gasteiger charge is -2.08. The number of rotatable bonds is 6. The lowest BCUT2D eigenvalue weighted by atomic mass is 10.2. The van der Waals surface area contributed by atoms with Crippen LogP contribution < -0.4 is 22.1 Å². The molecule has 0 aliphatic heterocycles. The molecule has 1 amide bonds. The van der Waals surface area contributed by atoms with Gasteiger partial charge in [0.15, 0.2) is 5.11 Å². The number of hydrogen-bond donors (Lipinski definition) is 4. The van der Waals surface area contributed by atoms with E-state index >= 15 is 0 Å². The summed E-state index contributed by atoms with van der Waals surface area (Å²) >= 11 is 5.03. The molecule has 2 aromatic rings. The number of thiocarbonyl (C=S) groups is 1. The van der Waals surface area contributed by atoms with Crippen LogP contribution in [0.5, 0.6) is 0 Å². The van der Waals surface area contributed by atoms with Crippen LogP contribution in [-0.4, -0.2) is 30.3 Å². The number of guanidine groups is 1. The minimum atomic E-state index is -4.00. The second-order valence-corrected chi connectivity index (χ2v) is 7.65. The summed E-state index contributed by atoms with van der Waals surface area (Å²) in [5.74, 6) is -1.11. The summed E-state index contributed by atoms with van der Waals surface area (Å²) in [6.45, 7) is 0. The largest absolute Gasteiger partial charge is 0.369 e. The molecule has 11 nitrogen and oxygen atoms in total. The fraction of sp³-hybridized carbons (Fsp3) is 0. The molecular weight excluding hydrogens is 432 g/mol.